The fourth-order valence-corrected chi connectivity index (χ4v) is 1.98. The fourth-order valence-electron chi connectivity index (χ4n) is 1.98. The standard InChI is InChI=1S/C12H19N3O3/c1-3-17-12(16)11-8-15(9-13-11)7-10-6-14(2)4-5-18-10/h8-10H,3-7H2,1-2H3. The average molecular weight is 253 g/mol. The summed E-state index contributed by atoms with van der Waals surface area (Å²) in [7, 11) is 2.08. The number of nitrogens with zero attached hydrogens (tertiary/aromatic N) is 3. The predicted molar refractivity (Wildman–Crippen MR) is 65.4 cm³/mol. The number of imidazole rings is 1. The summed E-state index contributed by atoms with van der Waals surface area (Å²) in [5, 5.41) is 0. The summed E-state index contributed by atoms with van der Waals surface area (Å²) in [6, 6.07) is 0. The Morgan fingerprint density at radius 2 is 2.50 bits per heavy atom. The van der Waals surface area contributed by atoms with Gasteiger partial charge in [-0.15, -0.1) is 0 Å². The first-order valence-electron chi connectivity index (χ1n) is 6.18. The number of morpholine rings is 1. The number of carbonyl (C=O) groups is 1. The molecule has 18 heavy (non-hydrogen) atoms. The zero-order valence-corrected chi connectivity index (χ0v) is 10.8. The summed E-state index contributed by atoms with van der Waals surface area (Å²) in [4.78, 5) is 17.7. The Balaban J connectivity index is 1.91. The molecule has 6 heteroatoms. The third-order valence-electron chi connectivity index (χ3n) is 2.87. The van der Waals surface area contributed by atoms with Crippen LogP contribution in [0.25, 0.3) is 0 Å². The normalized spacial score (nSPS) is 20.9. The fraction of sp³-hybridized carbons (Fsp3) is 0.667. The van der Waals surface area contributed by atoms with Gasteiger partial charge in [0.25, 0.3) is 0 Å². The molecule has 0 radical (unpaired) electrons. The lowest BCUT2D eigenvalue weighted by molar-refractivity contribution is -0.0275. The van der Waals surface area contributed by atoms with Gasteiger partial charge in [-0.3, -0.25) is 0 Å². The van der Waals surface area contributed by atoms with Gasteiger partial charge in [0.05, 0.1) is 32.2 Å². The van der Waals surface area contributed by atoms with E-state index in [0.717, 1.165) is 19.7 Å². The van der Waals surface area contributed by atoms with Crippen LogP contribution in [0.5, 0.6) is 0 Å². The minimum absolute atomic E-state index is 0.146. The first-order valence-corrected chi connectivity index (χ1v) is 6.18. The lowest BCUT2D eigenvalue weighted by Gasteiger charge is -2.30. The van der Waals surface area contributed by atoms with Gasteiger partial charge in [0.2, 0.25) is 0 Å². The molecule has 1 atom stereocenters. The molecule has 0 aromatic carbocycles. The number of ether oxygens (including phenoxy) is 2. The highest BCUT2D eigenvalue weighted by atomic mass is 16.5. The van der Waals surface area contributed by atoms with Crippen molar-refractivity contribution in [3.63, 3.8) is 0 Å². The molecule has 0 aliphatic carbocycles. The Kier molecular flexibility index (Phi) is 4.33. The number of likely N-dealkylation sites (N-methyl/N-ethyl adjacent to an activating group) is 1. The zero-order valence-electron chi connectivity index (χ0n) is 10.8. The van der Waals surface area contributed by atoms with E-state index in [4.69, 9.17) is 9.47 Å². The van der Waals surface area contributed by atoms with E-state index < -0.39 is 0 Å². The number of carbonyl (C=O) groups excluding carboxylic acids is 1. The Bertz CT molecular complexity index is 405. The van der Waals surface area contributed by atoms with Crippen LogP contribution >= 0.6 is 0 Å². The molecule has 1 aliphatic heterocycles. The third kappa shape index (κ3) is 3.30. The molecule has 1 fully saturated rings. The molecule has 0 spiro atoms. The van der Waals surface area contributed by atoms with E-state index in [1.165, 1.54) is 0 Å². The average Bonchev–Trinajstić information content (AvgIpc) is 2.78. The van der Waals surface area contributed by atoms with E-state index in [-0.39, 0.29) is 12.1 Å². The SMILES string of the molecule is CCOC(=O)c1cn(CC2CN(C)CCO2)cn1. The second-order valence-corrected chi connectivity index (χ2v) is 4.43. The van der Waals surface area contributed by atoms with Crippen molar-refractivity contribution in [2.24, 2.45) is 0 Å². The summed E-state index contributed by atoms with van der Waals surface area (Å²) in [5.41, 5.74) is 0.348. The van der Waals surface area contributed by atoms with Crippen LogP contribution in [0.3, 0.4) is 0 Å². The molecular formula is C12H19N3O3. The van der Waals surface area contributed by atoms with E-state index in [2.05, 4.69) is 16.9 Å². The molecule has 0 N–H and O–H groups in total. The largest absolute Gasteiger partial charge is 0.461 e. The molecule has 100 valence electrons. The highest BCUT2D eigenvalue weighted by Crippen LogP contribution is 2.07. The van der Waals surface area contributed by atoms with E-state index in [1.807, 2.05) is 4.57 Å². The molecule has 2 rings (SSSR count). The van der Waals surface area contributed by atoms with Crippen molar-refractivity contribution in [3.05, 3.63) is 18.2 Å². The monoisotopic (exact) mass is 253 g/mol. The molecule has 0 bridgehead atoms. The molecule has 1 unspecified atom stereocenters. The van der Waals surface area contributed by atoms with Crippen molar-refractivity contribution in [1.82, 2.24) is 14.5 Å². The van der Waals surface area contributed by atoms with E-state index in [9.17, 15) is 4.79 Å². The first kappa shape index (κ1) is 13.0. The third-order valence-corrected chi connectivity index (χ3v) is 2.87. The molecular weight excluding hydrogens is 234 g/mol. The van der Waals surface area contributed by atoms with Gasteiger partial charge in [0, 0.05) is 19.3 Å². The van der Waals surface area contributed by atoms with Gasteiger partial charge >= 0.3 is 5.97 Å². The van der Waals surface area contributed by atoms with Crippen LogP contribution in [0.4, 0.5) is 0 Å². The van der Waals surface area contributed by atoms with Crippen LogP contribution in [-0.4, -0.2) is 59.9 Å². The molecule has 1 saturated heterocycles. The minimum Gasteiger partial charge on any atom is -0.461 e. The van der Waals surface area contributed by atoms with E-state index in [1.54, 1.807) is 19.4 Å². The second kappa shape index (κ2) is 5.97. The second-order valence-electron chi connectivity index (χ2n) is 4.43. The van der Waals surface area contributed by atoms with Crippen LogP contribution in [-0.2, 0) is 16.0 Å². The summed E-state index contributed by atoms with van der Waals surface area (Å²) in [6.45, 7) is 5.46. The van der Waals surface area contributed by atoms with E-state index >= 15 is 0 Å². The van der Waals surface area contributed by atoms with Crippen molar-refractivity contribution >= 4 is 5.97 Å². The molecule has 2 heterocycles. The van der Waals surface area contributed by atoms with Gasteiger partial charge in [-0.1, -0.05) is 0 Å². The Morgan fingerprint density at radius 1 is 1.67 bits per heavy atom. The van der Waals surface area contributed by atoms with E-state index in [0.29, 0.717) is 18.8 Å². The highest BCUT2D eigenvalue weighted by Gasteiger charge is 2.19. The maximum atomic E-state index is 11.5. The Hall–Kier alpha value is -1.40. The predicted octanol–water partition coefficient (Wildman–Crippen LogP) is 0.390. The molecule has 1 aromatic heterocycles. The van der Waals surface area contributed by atoms with Gasteiger partial charge in [0.15, 0.2) is 5.69 Å². The summed E-state index contributed by atoms with van der Waals surface area (Å²) in [6.07, 6.45) is 3.49. The number of rotatable bonds is 4. The van der Waals surface area contributed by atoms with Crippen molar-refractivity contribution in [2.45, 2.75) is 19.6 Å². The molecule has 0 saturated carbocycles. The van der Waals surface area contributed by atoms with Gasteiger partial charge in [-0.05, 0) is 14.0 Å². The van der Waals surface area contributed by atoms with Crippen molar-refractivity contribution in [2.75, 3.05) is 33.4 Å². The number of esters is 1. The zero-order chi connectivity index (χ0) is 13.0. The minimum atomic E-state index is -0.377. The van der Waals surface area contributed by atoms with Gasteiger partial charge < -0.3 is 18.9 Å². The van der Waals surface area contributed by atoms with Crippen molar-refractivity contribution in [3.8, 4) is 0 Å². The molecule has 1 aliphatic rings. The quantitative estimate of drug-likeness (QED) is 0.727. The van der Waals surface area contributed by atoms with Gasteiger partial charge in [-0.2, -0.15) is 0 Å². The molecule has 1 aromatic rings. The topological polar surface area (TPSA) is 56.6 Å². The van der Waals surface area contributed by atoms with Crippen LogP contribution in [0.1, 0.15) is 17.4 Å². The number of hydrogen-bond donors (Lipinski definition) is 0. The maximum Gasteiger partial charge on any atom is 0.358 e. The Labute approximate surface area is 106 Å². The summed E-state index contributed by atoms with van der Waals surface area (Å²) >= 11 is 0. The summed E-state index contributed by atoms with van der Waals surface area (Å²) < 4.78 is 12.4. The Morgan fingerprint density at radius 3 is 3.22 bits per heavy atom. The first-order chi connectivity index (χ1) is 8.69. The number of hydrogen-bond acceptors (Lipinski definition) is 5. The molecule has 0 amide bonds. The summed E-state index contributed by atoms with van der Waals surface area (Å²) in [5.74, 6) is -0.377. The van der Waals surface area contributed by atoms with Crippen molar-refractivity contribution < 1.29 is 14.3 Å². The van der Waals surface area contributed by atoms with Crippen LogP contribution in [0.2, 0.25) is 0 Å². The van der Waals surface area contributed by atoms with Crippen molar-refractivity contribution in [1.29, 1.82) is 0 Å². The van der Waals surface area contributed by atoms with Crippen LogP contribution < -0.4 is 0 Å². The molecule has 6 nitrogen and oxygen atoms in total. The smallest absolute Gasteiger partial charge is 0.358 e. The van der Waals surface area contributed by atoms with Crippen LogP contribution in [0.15, 0.2) is 12.5 Å². The van der Waals surface area contributed by atoms with Gasteiger partial charge in [0.1, 0.15) is 0 Å². The lowest BCUT2D eigenvalue weighted by atomic mass is 10.3. The number of aromatic nitrogens is 2. The maximum absolute atomic E-state index is 11.5. The lowest BCUT2D eigenvalue weighted by Crippen LogP contribution is -2.41. The van der Waals surface area contributed by atoms with Crippen LogP contribution in [0, 0.1) is 0 Å². The van der Waals surface area contributed by atoms with Gasteiger partial charge in [-0.25, -0.2) is 9.78 Å². The highest BCUT2D eigenvalue weighted by molar-refractivity contribution is 5.86.